The van der Waals surface area contributed by atoms with Gasteiger partial charge in [-0.25, -0.2) is 0 Å². The second kappa shape index (κ2) is 4.64. The number of anilines is 2. The number of benzene rings is 2. The van der Waals surface area contributed by atoms with E-state index in [1.807, 2.05) is 24.3 Å². The third-order valence-corrected chi connectivity index (χ3v) is 4.45. The van der Waals surface area contributed by atoms with Crippen molar-refractivity contribution in [2.75, 3.05) is 10.6 Å². The van der Waals surface area contributed by atoms with Crippen LogP contribution < -0.4 is 10.6 Å². The summed E-state index contributed by atoms with van der Waals surface area (Å²) in [6.45, 7) is 0.475. The number of para-hydroxylation sites is 2. The number of fused-ring (bicyclic) bond motifs is 1. The molecule has 0 spiro atoms. The Morgan fingerprint density at radius 3 is 2.55 bits per heavy atom. The number of nitrogens with zero attached hydrogens (tertiary/aromatic N) is 2. The van der Waals surface area contributed by atoms with E-state index in [4.69, 9.17) is 5.73 Å². The second-order valence-corrected chi connectivity index (χ2v) is 6.09. The van der Waals surface area contributed by atoms with Crippen LogP contribution in [0.4, 0.5) is 11.4 Å². The zero-order valence-corrected chi connectivity index (χ0v) is 11.4. The summed E-state index contributed by atoms with van der Waals surface area (Å²) < 4.78 is 27.4. The molecule has 3 rings (SSSR count). The molecule has 0 saturated carbocycles. The summed E-state index contributed by atoms with van der Waals surface area (Å²) in [4.78, 5) is 2.00. The SMILES string of the molecule is Nc1ccccc1CN1C=NS(=O)(=O)c2ccccc21. The number of rotatable bonds is 2. The van der Waals surface area contributed by atoms with Gasteiger partial charge in [0.15, 0.2) is 0 Å². The molecule has 0 amide bonds. The summed E-state index contributed by atoms with van der Waals surface area (Å²) in [6.07, 6.45) is 1.34. The van der Waals surface area contributed by atoms with Crippen LogP contribution in [0.2, 0.25) is 0 Å². The summed E-state index contributed by atoms with van der Waals surface area (Å²) in [5.41, 5.74) is 8.14. The molecular formula is C14H13N3O2S. The van der Waals surface area contributed by atoms with Gasteiger partial charge in [0.2, 0.25) is 0 Å². The van der Waals surface area contributed by atoms with E-state index in [2.05, 4.69) is 4.40 Å². The van der Waals surface area contributed by atoms with E-state index in [1.165, 1.54) is 6.34 Å². The maximum absolute atomic E-state index is 11.9. The van der Waals surface area contributed by atoms with Crippen molar-refractivity contribution < 1.29 is 8.42 Å². The smallest absolute Gasteiger partial charge is 0.285 e. The van der Waals surface area contributed by atoms with Crippen LogP contribution in [0.3, 0.4) is 0 Å². The first kappa shape index (κ1) is 12.7. The van der Waals surface area contributed by atoms with Gasteiger partial charge < -0.3 is 10.6 Å². The molecule has 0 fully saturated rings. The molecule has 0 atom stereocenters. The van der Waals surface area contributed by atoms with Crippen molar-refractivity contribution in [3.05, 3.63) is 54.1 Å². The number of nitrogen functional groups attached to an aromatic ring is 1. The van der Waals surface area contributed by atoms with Crippen LogP contribution in [0, 0.1) is 0 Å². The lowest BCUT2D eigenvalue weighted by molar-refractivity contribution is 0.597. The van der Waals surface area contributed by atoms with Crippen molar-refractivity contribution >= 4 is 27.7 Å². The Morgan fingerprint density at radius 1 is 1.05 bits per heavy atom. The normalized spacial score (nSPS) is 15.9. The molecule has 0 saturated heterocycles. The third-order valence-electron chi connectivity index (χ3n) is 3.17. The Morgan fingerprint density at radius 2 is 1.75 bits per heavy atom. The van der Waals surface area contributed by atoms with E-state index >= 15 is 0 Å². The number of hydrogen-bond acceptors (Lipinski definition) is 4. The van der Waals surface area contributed by atoms with Crippen molar-refractivity contribution in [2.24, 2.45) is 4.40 Å². The summed E-state index contributed by atoms with van der Waals surface area (Å²) in [7, 11) is -3.58. The molecule has 2 aromatic rings. The predicted molar refractivity (Wildman–Crippen MR) is 79.2 cm³/mol. The maximum atomic E-state index is 11.9. The highest BCUT2D eigenvalue weighted by Gasteiger charge is 2.24. The molecule has 0 aliphatic carbocycles. The largest absolute Gasteiger partial charge is 0.398 e. The molecule has 102 valence electrons. The van der Waals surface area contributed by atoms with Gasteiger partial charge in [-0.05, 0) is 23.8 Å². The van der Waals surface area contributed by atoms with E-state index in [-0.39, 0.29) is 4.90 Å². The van der Waals surface area contributed by atoms with Crippen LogP contribution in [-0.2, 0) is 16.6 Å². The molecule has 5 nitrogen and oxygen atoms in total. The minimum atomic E-state index is -3.58. The highest BCUT2D eigenvalue weighted by molar-refractivity contribution is 7.90. The Labute approximate surface area is 117 Å². The van der Waals surface area contributed by atoms with E-state index < -0.39 is 10.0 Å². The zero-order valence-electron chi connectivity index (χ0n) is 10.6. The van der Waals surface area contributed by atoms with Gasteiger partial charge in [-0.15, -0.1) is 4.40 Å². The minimum absolute atomic E-state index is 0.219. The number of hydrogen-bond donors (Lipinski definition) is 1. The fourth-order valence-electron chi connectivity index (χ4n) is 2.14. The molecule has 1 heterocycles. The van der Waals surface area contributed by atoms with Gasteiger partial charge in [-0.3, -0.25) is 0 Å². The van der Waals surface area contributed by atoms with Gasteiger partial charge in [0.05, 0.1) is 12.2 Å². The average molecular weight is 287 g/mol. The number of sulfonamides is 1. The molecule has 1 aliphatic heterocycles. The van der Waals surface area contributed by atoms with Gasteiger partial charge in [-0.2, -0.15) is 8.42 Å². The van der Waals surface area contributed by atoms with Gasteiger partial charge in [0.25, 0.3) is 10.0 Å². The van der Waals surface area contributed by atoms with Crippen LogP contribution in [-0.4, -0.2) is 14.8 Å². The van der Waals surface area contributed by atoms with Gasteiger partial charge in [-0.1, -0.05) is 30.3 Å². The summed E-state index contributed by atoms with van der Waals surface area (Å²) in [6, 6.07) is 14.3. The summed E-state index contributed by atoms with van der Waals surface area (Å²) >= 11 is 0. The maximum Gasteiger partial charge on any atom is 0.285 e. The first-order valence-electron chi connectivity index (χ1n) is 6.07. The molecule has 6 heteroatoms. The first-order chi connectivity index (χ1) is 9.58. The molecule has 0 radical (unpaired) electrons. The van der Waals surface area contributed by atoms with Crippen LogP contribution in [0.25, 0.3) is 0 Å². The first-order valence-corrected chi connectivity index (χ1v) is 7.51. The van der Waals surface area contributed by atoms with Crippen LogP contribution >= 0.6 is 0 Å². The minimum Gasteiger partial charge on any atom is -0.398 e. The quantitative estimate of drug-likeness (QED) is 0.857. The lowest BCUT2D eigenvalue weighted by atomic mass is 10.1. The molecule has 1 aliphatic rings. The third kappa shape index (κ3) is 2.14. The lowest BCUT2D eigenvalue weighted by Gasteiger charge is -2.25. The number of nitrogens with two attached hydrogens (primary N) is 1. The van der Waals surface area contributed by atoms with E-state index in [1.54, 1.807) is 29.2 Å². The molecule has 20 heavy (non-hydrogen) atoms. The van der Waals surface area contributed by atoms with Crippen molar-refractivity contribution in [2.45, 2.75) is 11.4 Å². The fourth-order valence-corrected chi connectivity index (χ4v) is 3.19. The Kier molecular flexibility index (Phi) is 2.94. The van der Waals surface area contributed by atoms with E-state index in [0.29, 0.717) is 17.9 Å². The highest BCUT2D eigenvalue weighted by atomic mass is 32.2. The fraction of sp³-hybridized carbons (Fsp3) is 0.0714. The Bertz CT molecular complexity index is 785. The zero-order chi connectivity index (χ0) is 14.2. The second-order valence-electron chi connectivity index (χ2n) is 4.49. The molecule has 0 bridgehead atoms. The molecular weight excluding hydrogens is 274 g/mol. The van der Waals surface area contributed by atoms with E-state index in [0.717, 1.165) is 5.56 Å². The van der Waals surface area contributed by atoms with Gasteiger partial charge >= 0.3 is 0 Å². The van der Waals surface area contributed by atoms with Crippen molar-refractivity contribution in [3.8, 4) is 0 Å². The van der Waals surface area contributed by atoms with Crippen LogP contribution in [0.15, 0.2) is 57.8 Å². The summed E-state index contributed by atoms with van der Waals surface area (Å²) in [5.74, 6) is 0. The van der Waals surface area contributed by atoms with Gasteiger partial charge in [0, 0.05) is 5.69 Å². The van der Waals surface area contributed by atoms with Crippen LogP contribution in [0.5, 0.6) is 0 Å². The van der Waals surface area contributed by atoms with Crippen LogP contribution in [0.1, 0.15) is 5.56 Å². The lowest BCUT2D eigenvalue weighted by Crippen LogP contribution is -2.27. The molecule has 2 aromatic carbocycles. The molecule has 0 unspecified atom stereocenters. The van der Waals surface area contributed by atoms with Crippen molar-refractivity contribution in [1.29, 1.82) is 0 Å². The van der Waals surface area contributed by atoms with Crippen molar-refractivity contribution in [3.63, 3.8) is 0 Å². The Balaban J connectivity index is 2.03. The van der Waals surface area contributed by atoms with Crippen molar-refractivity contribution in [1.82, 2.24) is 0 Å². The average Bonchev–Trinajstić information content (AvgIpc) is 2.44. The topological polar surface area (TPSA) is 75.8 Å². The molecule has 2 N–H and O–H groups in total. The highest BCUT2D eigenvalue weighted by Crippen LogP contribution is 2.30. The standard InChI is InChI=1S/C14H13N3O2S/c15-12-6-2-1-5-11(12)9-17-10-16-20(18,19)14-8-4-3-7-13(14)17/h1-8,10H,9,15H2. The predicted octanol–water partition coefficient (Wildman–Crippen LogP) is 2.01. The monoisotopic (exact) mass is 287 g/mol. The Hall–Kier alpha value is -2.34. The molecule has 0 aromatic heterocycles. The summed E-state index contributed by atoms with van der Waals surface area (Å²) in [5, 5.41) is 0. The van der Waals surface area contributed by atoms with E-state index in [9.17, 15) is 8.42 Å². The van der Waals surface area contributed by atoms with Gasteiger partial charge in [0.1, 0.15) is 11.2 Å².